The van der Waals surface area contributed by atoms with Gasteiger partial charge in [-0.2, -0.15) is 0 Å². The second-order valence-corrected chi connectivity index (χ2v) is 8.33. The van der Waals surface area contributed by atoms with Gasteiger partial charge in [-0.15, -0.1) is 0 Å². The van der Waals surface area contributed by atoms with E-state index in [0.717, 1.165) is 60.1 Å². The van der Waals surface area contributed by atoms with Gasteiger partial charge >= 0.3 is 6.03 Å². The van der Waals surface area contributed by atoms with E-state index in [4.69, 9.17) is 9.72 Å². The number of anilines is 1. The molecule has 1 aliphatic carbocycles. The number of amides is 2. The number of hydrogen-bond donors (Lipinski definition) is 1. The molecule has 1 saturated heterocycles. The van der Waals surface area contributed by atoms with Crippen LogP contribution in [-0.2, 0) is 0 Å². The zero-order valence-electron chi connectivity index (χ0n) is 15.9. The second kappa shape index (κ2) is 8.33. The van der Waals surface area contributed by atoms with E-state index in [1.165, 1.54) is 19.3 Å². The summed E-state index contributed by atoms with van der Waals surface area (Å²) in [6.07, 6.45) is 6.03. The molecule has 2 aromatic rings. The standard InChI is InChI=1S/C20H28N4O2S/c1-2-26-16-8-9-17-18(14-16)27-20(22-17)24-12-10-23(11-13-24)19(25)21-15-6-4-3-5-7-15/h8-9,14-15H,2-7,10-13H2,1H3,(H,21,25). The van der Waals surface area contributed by atoms with E-state index in [1.54, 1.807) is 11.3 Å². The Kier molecular flexibility index (Phi) is 5.66. The van der Waals surface area contributed by atoms with Crippen molar-refractivity contribution in [3.63, 3.8) is 0 Å². The predicted octanol–water partition coefficient (Wildman–Crippen LogP) is 3.86. The average molecular weight is 389 g/mol. The fourth-order valence-electron chi connectivity index (χ4n) is 3.90. The zero-order valence-corrected chi connectivity index (χ0v) is 16.8. The molecule has 2 aliphatic rings. The van der Waals surface area contributed by atoms with Crippen molar-refractivity contribution in [1.29, 1.82) is 0 Å². The Balaban J connectivity index is 1.34. The SMILES string of the molecule is CCOc1ccc2nc(N3CCN(C(=O)NC4CCCCC4)CC3)sc2c1. The number of carbonyl (C=O) groups excluding carboxylic acids is 1. The van der Waals surface area contributed by atoms with Crippen LogP contribution in [-0.4, -0.2) is 54.7 Å². The van der Waals surface area contributed by atoms with Crippen LogP contribution in [0.1, 0.15) is 39.0 Å². The third-order valence-corrected chi connectivity index (χ3v) is 6.51. The number of urea groups is 1. The van der Waals surface area contributed by atoms with Crippen LogP contribution in [0.15, 0.2) is 18.2 Å². The number of benzene rings is 1. The van der Waals surface area contributed by atoms with Gasteiger partial charge in [-0.1, -0.05) is 30.6 Å². The predicted molar refractivity (Wildman–Crippen MR) is 110 cm³/mol. The van der Waals surface area contributed by atoms with Crippen molar-refractivity contribution in [3.05, 3.63) is 18.2 Å². The summed E-state index contributed by atoms with van der Waals surface area (Å²) in [4.78, 5) is 21.5. The number of nitrogens with one attached hydrogen (secondary N) is 1. The summed E-state index contributed by atoms with van der Waals surface area (Å²) >= 11 is 1.70. The lowest BCUT2D eigenvalue weighted by Gasteiger charge is -2.35. The number of carbonyl (C=O) groups is 1. The topological polar surface area (TPSA) is 57.7 Å². The molecule has 1 aliphatic heterocycles. The van der Waals surface area contributed by atoms with Gasteiger partial charge in [0.1, 0.15) is 5.75 Å². The van der Waals surface area contributed by atoms with Crippen LogP contribution in [0.3, 0.4) is 0 Å². The number of rotatable bonds is 4. The average Bonchev–Trinajstić information content (AvgIpc) is 3.12. The second-order valence-electron chi connectivity index (χ2n) is 7.32. The van der Waals surface area contributed by atoms with E-state index in [2.05, 4.69) is 16.3 Å². The van der Waals surface area contributed by atoms with E-state index in [-0.39, 0.29) is 6.03 Å². The Hall–Kier alpha value is -2.02. The summed E-state index contributed by atoms with van der Waals surface area (Å²) < 4.78 is 6.73. The van der Waals surface area contributed by atoms with Crippen LogP contribution in [0.4, 0.5) is 9.93 Å². The van der Waals surface area contributed by atoms with Crippen LogP contribution in [0.5, 0.6) is 5.75 Å². The molecule has 1 aromatic carbocycles. The highest BCUT2D eigenvalue weighted by molar-refractivity contribution is 7.22. The first-order valence-electron chi connectivity index (χ1n) is 10.1. The van der Waals surface area contributed by atoms with Crippen LogP contribution >= 0.6 is 11.3 Å². The molecule has 2 fully saturated rings. The zero-order chi connectivity index (χ0) is 18.6. The molecule has 0 spiro atoms. The highest BCUT2D eigenvalue weighted by Crippen LogP contribution is 2.32. The van der Waals surface area contributed by atoms with Gasteiger partial charge < -0.3 is 19.9 Å². The first-order valence-corrected chi connectivity index (χ1v) is 10.9. The molecule has 6 nitrogen and oxygen atoms in total. The quantitative estimate of drug-likeness (QED) is 0.864. The van der Waals surface area contributed by atoms with E-state index in [0.29, 0.717) is 12.6 Å². The molecule has 146 valence electrons. The third-order valence-electron chi connectivity index (χ3n) is 5.43. The molecular weight excluding hydrogens is 360 g/mol. The van der Waals surface area contributed by atoms with Crippen LogP contribution in [0.25, 0.3) is 10.2 Å². The number of fused-ring (bicyclic) bond motifs is 1. The molecule has 0 radical (unpaired) electrons. The van der Waals surface area contributed by atoms with Gasteiger partial charge in [0.25, 0.3) is 0 Å². The van der Waals surface area contributed by atoms with Crippen LogP contribution in [0, 0.1) is 0 Å². The molecule has 0 atom stereocenters. The summed E-state index contributed by atoms with van der Waals surface area (Å²) in [5.74, 6) is 0.893. The molecule has 0 unspecified atom stereocenters. The van der Waals surface area contributed by atoms with Gasteiger partial charge in [0, 0.05) is 32.2 Å². The minimum atomic E-state index is 0.104. The molecule has 0 bridgehead atoms. The lowest BCUT2D eigenvalue weighted by atomic mass is 9.96. The Morgan fingerprint density at radius 1 is 1.22 bits per heavy atom. The maximum Gasteiger partial charge on any atom is 0.317 e. The largest absolute Gasteiger partial charge is 0.494 e. The summed E-state index contributed by atoms with van der Waals surface area (Å²) in [6, 6.07) is 6.53. The number of aromatic nitrogens is 1. The molecule has 4 rings (SSSR count). The normalized spacial score (nSPS) is 18.7. The number of nitrogens with zero attached hydrogens (tertiary/aromatic N) is 3. The van der Waals surface area contributed by atoms with Crippen LogP contribution in [0.2, 0.25) is 0 Å². The van der Waals surface area contributed by atoms with Crippen LogP contribution < -0.4 is 15.0 Å². The summed E-state index contributed by atoms with van der Waals surface area (Å²) in [7, 11) is 0. The van der Waals surface area contributed by atoms with E-state index in [9.17, 15) is 4.79 Å². The Labute approximate surface area is 164 Å². The van der Waals surface area contributed by atoms with Crippen molar-refractivity contribution < 1.29 is 9.53 Å². The smallest absolute Gasteiger partial charge is 0.317 e. The Morgan fingerprint density at radius 3 is 2.74 bits per heavy atom. The van der Waals surface area contributed by atoms with Gasteiger partial charge in [0.2, 0.25) is 0 Å². The Bertz CT molecular complexity index is 779. The first-order chi connectivity index (χ1) is 13.2. The highest BCUT2D eigenvalue weighted by Gasteiger charge is 2.25. The maximum atomic E-state index is 12.5. The number of ether oxygens (including phenoxy) is 1. The van der Waals surface area contributed by atoms with Crippen molar-refractivity contribution in [1.82, 2.24) is 15.2 Å². The maximum absolute atomic E-state index is 12.5. The number of piperazine rings is 1. The number of hydrogen-bond acceptors (Lipinski definition) is 5. The minimum Gasteiger partial charge on any atom is -0.494 e. The van der Waals surface area contributed by atoms with Crippen molar-refractivity contribution in [2.45, 2.75) is 45.1 Å². The van der Waals surface area contributed by atoms with Gasteiger partial charge in [0.15, 0.2) is 5.13 Å². The molecule has 1 aromatic heterocycles. The lowest BCUT2D eigenvalue weighted by Crippen LogP contribution is -2.53. The van der Waals surface area contributed by atoms with Gasteiger partial charge in [-0.05, 0) is 38.0 Å². The number of thiazole rings is 1. The highest BCUT2D eigenvalue weighted by atomic mass is 32.1. The first kappa shape index (κ1) is 18.3. The minimum absolute atomic E-state index is 0.104. The molecule has 2 heterocycles. The fourth-order valence-corrected chi connectivity index (χ4v) is 4.94. The van der Waals surface area contributed by atoms with Crippen molar-refractivity contribution in [2.24, 2.45) is 0 Å². The van der Waals surface area contributed by atoms with Gasteiger partial charge in [-0.3, -0.25) is 0 Å². The molecule has 1 N–H and O–H groups in total. The molecule has 27 heavy (non-hydrogen) atoms. The van der Waals surface area contributed by atoms with E-state index >= 15 is 0 Å². The van der Waals surface area contributed by atoms with Crippen molar-refractivity contribution in [3.8, 4) is 5.75 Å². The molecule has 7 heteroatoms. The van der Waals surface area contributed by atoms with E-state index in [1.807, 2.05) is 24.0 Å². The van der Waals surface area contributed by atoms with Gasteiger partial charge in [0.05, 0.1) is 16.8 Å². The fraction of sp³-hybridized carbons (Fsp3) is 0.600. The molecule has 2 amide bonds. The summed E-state index contributed by atoms with van der Waals surface area (Å²) in [5.41, 5.74) is 1.01. The van der Waals surface area contributed by atoms with E-state index < -0.39 is 0 Å². The summed E-state index contributed by atoms with van der Waals surface area (Å²) in [5, 5.41) is 4.26. The summed E-state index contributed by atoms with van der Waals surface area (Å²) in [6.45, 7) is 5.82. The Morgan fingerprint density at radius 2 is 2.00 bits per heavy atom. The third kappa shape index (κ3) is 4.29. The monoisotopic (exact) mass is 388 g/mol. The lowest BCUT2D eigenvalue weighted by molar-refractivity contribution is 0.186. The van der Waals surface area contributed by atoms with Gasteiger partial charge in [-0.25, -0.2) is 9.78 Å². The van der Waals surface area contributed by atoms with Crippen molar-refractivity contribution >= 4 is 32.7 Å². The molecule has 1 saturated carbocycles. The molecular formula is C20H28N4O2S. The van der Waals surface area contributed by atoms with Crippen molar-refractivity contribution in [2.75, 3.05) is 37.7 Å².